The van der Waals surface area contributed by atoms with Crippen molar-refractivity contribution in [2.45, 2.75) is 39.8 Å². The van der Waals surface area contributed by atoms with Gasteiger partial charge in [-0.1, -0.05) is 50.2 Å². The van der Waals surface area contributed by atoms with E-state index in [1.807, 2.05) is 0 Å². The third-order valence-electron chi connectivity index (χ3n) is 6.07. The second kappa shape index (κ2) is 17.2. The third-order valence-corrected chi connectivity index (χ3v) is 6.07. The molecule has 0 aliphatic carbocycles. The summed E-state index contributed by atoms with van der Waals surface area (Å²) in [6.07, 6.45) is 2.31. The zero-order chi connectivity index (χ0) is 30.7. The first kappa shape index (κ1) is 37.9. The SMILES string of the molecule is C[Si]C.Cc1cc2c(CC[N+](C)(C)C)cccc2[cH-]1.Cc1cc2c(CC[N+](C)(C)C)cccc2[cH-]1.[Cl][Zr]([Cl])([Cl])[Cl]. The first-order valence-corrected chi connectivity index (χ1v) is 28.2. The Kier molecular flexibility index (Phi) is 16.3. The molecular weight excluding hydrogens is 673 g/mol. The van der Waals surface area contributed by atoms with Gasteiger partial charge in [-0.25, -0.2) is 0 Å². The Morgan fingerprint density at radius 1 is 0.650 bits per heavy atom. The molecule has 0 aromatic heterocycles. The summed E-state index contributed by atoms with van der Waals surface area (Å²) in [5.74, 6) is 0. The Hall–Kier alpha value is -0.160. The average molecular weight is 722 g/mol. The molecule has 222 valence electrons. The van der Waals surface area contributed by atoms with E-state index in [0.29, 0.717) is 0 Å². The molecule has 0 fully saturated rings. The van der Waals surface area contributed by atoms with E-state index < -0.39 is 15.5 Å². The van der Waals surface area contributed by atoms with E-state index >= 15 is 0 Å². The van der Waals surface area contributed by atoms with Crippen LogP contribution in [0.2, 0.25) is 13.1 Å². The Balaban J connectivity index is 0.000000317. The molecule has 2 radical (unpaired) electrons. The Labute approximate surface area is 265 Å². The normalized spacial score (nSPS) is 11.8. The van der Waals surface area contributed by atoms with E-state index in [9.17, 15) is 0 Å². The van der Waals surface area contributed by atoms with Crippen molar-refractivity contribution in [3.05, 3.63) is 82.9 Å². The van der Waals surface area contributed by atoms with Gasteiger partial charge < -0.3 is 8.97 Å². The fourth-order valence-electron chi connectivity index (χ4n) is 4.25. The zero-order valence-corrected chi connectivity index (χ0v) is 32.5. The van der Waals surface area contributed by atoms with Crippen LogP contribution >= 0.6 is 34.1 Å². The van der Waals surface area contributed by atoms with Crippen molar-refractivity contribution in [3.8, 4) is 0 Å². The molecule has 40 heavy (non-hydrogen) atoms. The van der Waals surface area contributed by atoms with Crippen molar-refractivity contribution >= 4 is 65.1 Å². The number of hydrogen-bond acceptors (Lipinski definition) is 0. The van der Waals surface area contributed by atoms with E-state index in [2.05, 4.69) is 130 Å². The van der Waals surface area contributed by atoms with Crippen LogP contribution in [0.3, 0.4) is 0 Å². The standard InChI is InChI=1S/2C15H21N.C2H6Si.4ClH.Zr/c2*1-12-10-14-7-5-6-13(15(14)11-12)8-9-16(2,3)4;1-3-2;;;;;/h2*5-7,10-11H,8-9H2,1-4H3;1-2H3;4*1H;/q;;;;;;;+4/p-4. The summed E-state index contributed by atoms with van der Waals surface area (Å²) in [5.41, 5.74) is 5.71. The van der Waals surface area contributed by atoms with Gasteiger partial charge in [0.05, 0.1) is 55.4 Å². The van der Waals surface area contributed by atoms with E-state index in [0.717, 1.165) is 31.3 Å². The number of rotatable bonds is 6. The van der Waals surface area contributed by atoms with Crippen LogP contribution in [0.1, 0.15) is 22.3 Å². The molecule has 0 atom stereocenters. The summed E-state index contributed by atoms with van der Waals surface area (Å²) in [6.45, 7) is 11.0. The minimum absolute atomic E-state index is 1.02. The van der Waals surface area contributed by atoms with Crippen LogP contribution in [0, 0.1) is 13.8 Å². The van der Waals surface area contributed by atoms with Gasteiger partial charge in [0.2, 0.25) is 0 Å². The molecule has 4 aromatic carbocycles. The molecule has 0 bridgehead atoms. The van der Waals surface area contributed by atoms with Crippen molar-refractivity contribution < 1.29 is 24.5 Å². The maximum atomic E-state index is 5.04. The summed E-state index contributed by atoms with van der Waals surface area (Å²) in [7, 11) is 34.7. The van der Waals surface area contributed by atoms with Crippen molar-refractivity contribution in [2.24, 2.45) is 0 Å². The Morgan fingerprint density at radius 3 is 1.23 bits per heavy atom. The second-order valence-electron chi connectivity index (χ2n) is 12.4. The molecule has 0 saturated carbocycles. The predicted molar refractivity (Wildman–Crippen MR) is 183 cm³/mol. The van der Waals surface area contributed by atoms with Crippen LogP contribution in [0.15, 0.2) is 60.7 Å². The van der Waals surface area contributed by atoms with E-state index in [1.165, 1.54) is 56.9 Å². The molecule has 0 spiro atoms. The number of benzene rings is 2. The summed E-state index contributed by atoms with van der Waals surface area (Å²) in [6, 6.07) is 22.4. The third kappa shape index (κ3) is 16.5. The van der Waals surface area contributed by atoms with Gasteiger partial charge in [0.15, 0.2) is 0 Å². The van der Waals surface area contributed by atoms with Crippen molar-refractivity contribution in [3.63, 3.8) is 0 Å². The molecule has 0 N–H and O–H groups in total. The topological polar surface area (TPSA) is 0 Å². The van der Waals surface area contributed by atoms with Crippen LogP contribution < -0.4 is 0 Å². The van der Waals surface area contributed by atoms with Crippen LogP contribution in [-0.4, -0.2) is 73.9 Å². The van der Waals surface area contributed by atoms with Crippen molar-refractivity contribution in [1.29, 1.82) is 0 Å². The molecule has 0 unspecified atom stereocenters. The van der Waals surface area contributed by atoms with E-state index in [1.54, 1.807) is 0 Å². The molecular formula is C32H48Cl4N2SiZr. The average Bonchev–Trinajstić information content (AvgIpc) is 3.36. The van der Waals surface area contributed by atoms with Crippen LogP contribution in [0.4, 0.5) is 0 Å². The molecule has 0 aliphatic rings. The van der Waals surface area contributed by atoms with Crippen molar-refractivity contribution in [2.75, 3.05) is 55.4 Å². The number of fused-ring (bicyclic) bond motifs is 2. The van der Waals surface area contributed by atoms with Gasteiger partial charge in [-0.2, -0.15) is 12.1 Å². The molecule has 0 aliphatic heterocycles. The van der Waals surface area contributed by atoms with E-state index in [-0.39, 0.29) is 0 Å². The molecule has 2 nitrogen and oxygen atoms in total. The molecule has 8 heteroatoms. The Bertz CT molecular complexity index is 1190. The number of quaternary nitrogens is 2. The van der Waals surface area contributed by atoms with Gasteiger partial charge >= 0.3 is 49.5 Å². The molecule has 0 amide bonds. The second-order valence-corrected chi connectivity index (χ2v) is 35.8. The minimum atomic E-state index is -3.29. The molecule has 4 aromatic rings. The van der Waals surface area contributed by atoms with Crippen LogP contribution in [-0.2, 0) is 28.3 Å². The molecule has 4 rings (SSSR count). The van der Waals surface area contributed by atoms with Crippen LogP contribution in [0.5, 0.6) is 0 Å². The first-order valence-electron chi connectivity index (χ1n) is 13.6. The van der Waals surface area contributed by atoms with Gasteiger partial charge in [-0.05, 0) is 0 Å². The number of halogens is 4. The first-order chi connectivity index (χ1) is 18.3. The summed E-state index contributed by atoms with van der Waals surface area (Å²) >= 11 is -3.29. The van der Waals surface area contributed by atoms with Crippen molar-refractivity contribution in [1.82, 2.24) is 0 Å². The quantitative estimate of drug-likeness (QED) is 0.106. The van der Waals surface area contributed by atoms with Gasteiger partial charge in [-0.15, -0.1) is 69.1 Å². The fourth-order valence-corrected chi connectivity index (χ4v) is 4.25. The number of likely N-dealkylation sites (N-methyl/N-ethyl adjacent to an activating group) is 2. The van der Waals surface area contributed by atoms with Gasteiger partial charge in [0, 0.05) is 22.4 Å². The summed E-state index contributed by atoms with van der Waals surface area (Å²) < 4.78 is 2.05. The van der Waals surface area contributed by atoms with E-state index in [4.69, 9.17) is 34.1 Å². The van der Waals surface area contributed by atoms with Gasteiger partial charge in [-0.3, -0.25) is 0 Å². The van der Waals surface area contributed by atoms with Gasteiger partial charge in [0.1, 0.15) is 0 Å². The van der Waals surface area contributed by atoms with Gasteiger partial charge in [0.25, 0.3) is 0 Å². The molecule has 0 heterocycles. The molecule has 0 saturated heterocycles. The fraction of sp³-hybridized carbons (Fsp3) is 0.438. The number of hydrogen-bond donors (Lipinski definition) is 0. The monoisotopic (exact) mass is 718 g/mol. The number of nitrogens with zero attached hydrogens (tertiary/aromatic N) is 2. The maximum absolute atomic E-state index is 5.04. The number of aryl methyl sites for hydroxylation is 2. The predicted octanol–water partition coefficient (Wildman–Crippen LogP) is 9.77. The summed E-state index contributed by atoms with van der Waals surface area (Å²) in [4.78, 5) is 0. The Morgan fingerprint density at radius 2 is 0.950 bits per heavy atom. The van der Waals surface area contributed by atoms with Crippen LogP contribution in [0.25, 0.3) is 21.5 Å². The summed E-state index contributed by atoms with van der Waals surface area (Å²) in [5, 5.41) is 5.65. The zero-order valence-electron chi connectivity index (χ0n) is 26.0.